The van der Waals surface area contributed by atoms with Crippen molar-refractivity contribution >= 4 is 0 Å². The van der Waals surface area contributed by atoms with Crippen LogP contribution >= 0.6 is 0 Å². The smallest absolute Gasteiger partial charge is 0.125 e. The zero-order valence-electron chi connectivity index (χ0n) is 21.6. The summed E-state index contributed by atoms with van der Waals surface area (Å²) in [6.07, 6.45) is 2.08. The summed E-state index contributed by atoms with van der Waals surface area (Å²) in [6.45, 7) is 18.7. The SMILES string of the molecule is Cc1cc2c(c(C)c1OCCO)C1(CC2(C)C)CC(C)(C)c2cc(C)c(OCCO)c(C)c21. The molecule has 0 unspecified atom stereocenters. The van der Waals surface area contributed by atoms with Crippen molar-refractivity contribution < 1.29 is 19.7 Å². The summed E-state index contributed by atoms with van der Waals surface area (Å²) in [6, 6.07) is 4.64. The number of fused-ring (bicyclic) bond motifs is 4. The first-order valence-electron chi connectivity index (χ1n) is 12.2. The van der Waals surface area contributed by atoms with E-state index in [1.807, 2.05) is 0 Å². The van der Waals surface area contributed by atoms with Gasteiger partial charge in [0.25, 0.3) is 0 Å². The second-order valence-electron chi connectivity index (χ2n) is 11.5. The quantitative estimate of drug-likeness (QED) is 0.623. The molecule has 33 heavy (non-hydrogen) atoms. The van der Waals surface area contributed by atoms with Crippen LogP contribution in [0.15, 0.2) is 12.1 Å². The number of hydrogen-bond donors (Lipinski definition) is 2. The van der Waals surface area contributed by atoms with Crippen LogP contribution in [0.3, 0.4) is 0 Å². The number of hydrogen-bond acceptors (Lipinski definition) is 4. The van der Waals surface area contributed by atoms with Gasteiger partial charge in [-0.25, -0.2) is 0 Å². The molecule has 0 fully saturated rings. The van der Waals surface area contributed by atoms with Gasteiger partial charge < -0.3 is 19.7 Å². The van der Waals surface area contributed by atoms with Crippen LogP contribution < -0.4 is 9.47 Å². The molecule has 2 aromatic carbocycles. The number of aliphatic hydroxyl groups is 2. The zero-order valence-corrected chi connectivity index (χ0v) is 21.6. The molecule has 2 aliphatic carbocycles. The number of rotatable bonds is 6. The molecule has 0 aliphatic heterocycles. The van der Waals surface area contributed by atoms with Crippen molar-refractivity contribution in [3.63, 3.8) is 0 Å². The second-order valence-corrected chi connectivity index (χ2v) is 11.5. The van der Waals surface area contributed by atoms with E-state index in [0.717, 1.165) is 35.5 Å². The van der Waals surface area contributed by atoms with Crippen LogP contribution in [0.5, 0.6) is 11.5 Å². The van der Waals surface area contributed by atoms with Crippen LogP contribution in [-0.4, -0.2) is 36.6 Å². The summed E-state index contributed by atoms with van der Waals surface area (Å²) in [5.74, 6) is 1.82. The van der Waals surface area contributed by atoms with Crippen LogP contribution in [0, 0.1) is 27.7 Å². The fraction of sp³-hybridized carbons (Fsp3) is 0.586. The molecular formula is C29H40O4. The molecule has 180 valence electrons. The number of aryl methyl sites for hydroxylation is 2. The lowest BCUT2D eigenvalue weighted by Crippen LogP contribution is -2.28. The van der Waals surface area contributed by atoms with E-state index in [0.29, 0.717) is 13.2 Å². The van der Waals surface area contributed by atoms with Crippen molar-refractivity contribution in [2.24, 2.45) is 0 Å². The summed E-state index contributed by atoms with van der Waals surface area (Å²) >= 11 is 0. The normalized spacial score (nSPS) is 19.0. The maximum absolute atomic E-state index is 9.40. The molecule has 0 amide bonds. The summed E-state index contributed by atoms with van der Waals surface area (Å²) in [5.41, 5.74) is 10.2. The molecule has 0 heterocycles. The van der Waals surface area contributed by atoms with E-state index in [9.17, 15) is 10.2 Å². The Kier molecular flexibility index (Phi) is 5.86. The molecule has 0 atom stereocenters. The first-order chi connectivity index (χ1) is 15.4. The third-order valence-corrected chi connectivity index (χ3v) is 7.99. The molecule has 1 spiro atoms. The van der Waals surface area contributed by atoms with Gasteiger partial charge in [0.05, 0.1) is 13.2 Å². The number of benzene rings is 2. The summed E-state index contributed by atoms with van der Waals surface area (Å²) in [5, 5.41) is 18.8. The van der Waals surface area contributed by atoms with Gasteiger partial charge in [-0.2, -0.15) is 0 Å². The average Bonchev–Trinajstić information content (AvgIpc) is 3.06. The molecule has 0 saturated heterocycles. The van der Waals surface area contributed by atoms with Crippen LogP contribution in [0.2, 0.25) is 0 Å². The summed E-state index contributed by atoms with van der Waals surface area (Å²) in [7, 11) is 0. The Hall–Kier alpha value is -2.04. The third-order valence-electron chi connectivity index (χ3n) is 7.99. The van der Waals surface area contributed by atoms with E-state index in [4.69, 9.17) is 9.47 Å². The Morgan fingerprint density at radius 3 is 1.39 bits per heavy atom. The van der Waals surface area contributed by atoms with Gasteiger partial charge in [-0.15, -0.1) is 0 Å². The lowest BCUT2D eigenvalue weighted by Gasteiger charge is -2.33. The van der Waals surface area contributed by atoms with Gasteiger partial charge in [0.1, 0.15) is 24.7 Å². The van der Waals surface area contributed by atoms with Crippen molar-refractivity contribution in [3.8, 4) is 11.5 Å². The molecule has 0 bridgehead atoms. The minimum Gasteiger partial charge on any atom is -0.491 e. The van der Waals surface area contributed by atoms with Crippen LogP contribution in [-0.2, 0) is 16.2 Å². The molecule has 0 radical (unpaired) electrons. The zero-order chi connectivity index (χ0) is 24.3. The van der Waals surface area contributed by atoms with Gasteiger partial charge in [0.15, 0.2) is 0 Å². The fourth-order valence-electron chi connectivity index (χ4n) is 7.21. The third kappa shape index (κ3) is 3.49. The molecule has 2 N–H and O–H groups in total. The first kappa shape index (κ1) is 24.1. The fourth-order valence-corrected chi connectivity index (χ4v) is 7.21. The summed E-state index contributed by atoms with van der Waals surface area (Å²) < 4.78 is 12.2. The van der Waals surface area contributed by atoms with Crippen molar-refractivity contribution in [1.82, 2.24) is 0 Å². The lowest BCUT2D eigenvalue weighted by atomic mass is 9.70. The Morgan fingerprint density at radius 1 is 0.697 bits per heavy atom. The van der Waals surface area contributed by atoms with Crippen molar-refractivity contribution in [1.29, 1.82) is 0 Å². The molecular weight excluding hydrogens is 412 g/mol. The molecule has 4 nitrogen and oxygen atoms in total. The van der Waals surface area contributed by atoms with E-state index in [1.165, 1.54) is 33.4 Å². The predicted molar refractivity (Wildman–Crippen MR) is 133 cm³/mol. The van der Waals surface area contributed by atoms with Gasteiger partial charge in [-0.05, 0) is 95.9 Å². The van der Waals surface area contributed by atoms with Crippen LogP contribution in [0.25, 0.3) is 0 Å². The molecule has 2 aromatic rings. The highest BCUT2D eigenvalue weighted by molar-refractivity contribution is 5.68. The average molecular weight is 453 g/mol. The van der Waals surface area contributed by atoms with Crippen molar-refractivity contribution in [3.05, 3.63) is 56.6 Å². The standard InChI is InChI=1S/C29H40O4/c1-17-13-21-23(19(3)25(17)32-11-9-30)29(15-27(21,5)6)16-28(7,8)22-14-18(2)26(33-12-10-31)20(4)24(22)29/h13-14,30-31H,9-12,15-16H2,1-8H3. The van der Waals surface area contributed by atoms with Gasteiger partial charge in [0, 0.05) is 5.41 Å². The Bertz CT molecular complexity index is 1010. The monoisotopic (exact) mass is 452 g/mol. The minimum atomic E-state index is -0.123. The molecule has 4 heteroatoms. The van der Waals surface area contributed by atoms with Crippen LogP contribution in [0.1, 0.15) is 85.0 Å². The lowest BCUT2D eigenvalue weighted by molar-refractivity contribution is 0.199. The van der Waals surface area contributed by atoms with Crippen LogP contribution in [0.4, 0.5) is 0 Å². The summed E-state index contributed by atoms with van der Waals surface area (Å²) in [4.78, 5) is 0. The Labute approximate surface area is 198 Å². The largest absolute Gasteiger partial charge is 0.491 e. The molecule has 0 aromatic heterocycles. The van der Waals surface area contributed by atoms with Gasteiger partial charge in [0.2, 0.25) is 0 Å². The van der Waals surface area contributed by atoms with Gasteiger partial charge in [-0.1, -0.05) is 39.8 Å². The molecule has 2 aliphatic rings. The van der Waals surface area contributed by atoms with E-state index in [-0.39, 0.29) is 29.5 Å². The number of ether oxygens (including phenoxy) is 2. The van der Waals surface area contributed by atoms with E-state index in [2.05, 4.69) is 67.5 Å². The van der Waals surface area contributed by atoms with E-state index in [1.54, 1.807) is 0 Å². The maximum Gasteiger partial charge on any atom is 0.125 e. The minimum absolute atomic E-state index is 0.00636. The molecule has 0 saturated carbocycles. The van der Waals surface area contributed by atoms with E-state index >= 15 is 0 Å². The van der Waals surface area contributed by atoms with Crippen molar-refractivity contribution in [2.75, 3.05) is 26.4 Å². The Morgan fingerprint density at radius 2 is 1.06 bits per heavy atom. The Balaban J connectivity index is 2.05. The van der Waals surface area contributed by atoms with Gasteiger partial charge in [-0.3, -0.25) is 0 Å². The highest BCUT2D eigenvalue weighted by atomic mass is 16.5. The highest BCUT2D eigenvalue weighted by Gasteiger charge is 2.58. The highest BCUT2D eigenvalue weighted by Crippen LogP contribution is 2.65. The second kappa shape index (κ2) is 8.02. The topological polar surface area (TPSA) is 58.9 Å². The molecule has 4 rings (SSSR count). The van der Waals surface area contributed by atoms with Crippen molar-refractivity contribution in [2.45, 2.75) is 84.5 Å². The first-order valence-corrected chi connectivity index (χ1v) is 12.2. The number of aliphatic hydroxyl groups excluding tert-OH is 2. The maximum atomic E-state index is 9.40. The predicted octanol–water partition coefficient (Wildman–Crippen LogP) is 5.31. The van der Waals surface area contributed by atoms with E-state index < -0.39 is 0 Å². The van der Waals surface area contributed by atoms with Gasteiger partial charge >= 0.3 is 0 Å².